The average Bonchev–Trinajstić information content (AvgIpc) is 3.32. The number of amides is 1. The van der Waals surface area contributed by atoms with E-state index in [4.69, 9.17) is 9.15 Å². The Morgan fingerprint density at radius 2 is 1.93 bits per heavy atom. The third-order valence-electron chi connectivity index (χ3n) is 4.70. The fourth-order valence-corrected chi connectivity index (χ4v) is 4.79. The molecular formula is C21H22N2O5S. The van der Waals surface area contributed by atoms with Crippen molar-refractivity contribution in [2.45, 2.75) is 30.2 Å². The van der Waals surface area contributed by atoms with Crippen LogP contribution >= 0.6 is 0 Å². The molecular weight excluding hydrogens is 392 g/mol. The predicted octanol–water partition coefficient (Wildman–Crippen LogP) is 3.98. The van der Waals surface area contributed by atoms with Crippen molar-refractivity contribution in [3.63, 3.8) is 0 Å². The third-order valence-corrected chi connectivity index (χ3v) is 6.63. The van der Waals surface area contributed by atoms with Gasteiger partial charge >= 0.3 is 0 Å². The second-order valence-electron chi connectivity index (χ2n) is 6.40. The van der Waals surface area contributed by atoms with Gasteiger partial charge in [-0.2, -0.15) is 0 Å². The number of rotatable bonds is 7. The van der Waals surface area contributed by atoms with Gasteiger partial charge in [-0.15, -0.1) is 6.58 Å². The molecule has 0 spiro atoms. The van der Waals surface area contributed by atoms with Gasteiger partial charge in [-0.1, -0.05) is 6.08 Å². The van der Waals surface area contributed by atoms with Crippen LogP contribution in [0, 0.1) is 13.8 Å². The number of hydrogen-bond acceptors (Lipinski definition) is 5. The lowest BCUT2D eigenvalue weighted by atomic mass is 10.3. The first kappa shape index (κ1) is 20.5. The maximum atomic E-state index is 13.5. The number of nitrogens with one attached hydrogen (secondary N) is 1. The molecule has 2 heterocycles. The number of anilines is 1. The van der Waals surface area contributed by atoms with Crippen molar-refractivity contribution in [2.24, 2.45) is 0 Å². The Hall–Kier alpha value is -3.26. The molecule has 0 aliphatic carbocycles. The van der Waals surface area contributed by atoms with Crippen LogP contribution in [0.2, 0.25) is 0 Å². The van der Waals surface area contributed by atoms with Gasteiger partial charge in [-0.25, -0.2) is 8.42 Å². The van der Waals surface area contributed by atoms with E-state index in [-0.39, 0.29) is 21.4 Å². The summed E-state index contributed by atoms with van der Waals surface area (Å²) in [5.74, 6) is 0.271. The largest absolute Gasteiger partial charge is 0.497 e. The Morgan fingerprint density at radius 3 is 2.48 bits per heavy atom. The van der Waals surface area contributed by atoms with E-state index in [9.17, 15) is 13.2 Å². The maximum Gasteiger partial charge on any atom is 0.292 e. The van der Waals surface area contributed by atoms with Gasteiger partial charge in [0.1, 0.15) is 16.5 Å². The van der Waals surface area contributed by atoms with Crippen molar-refractivity contribution in [2.75, 3.05) is 12.4 Å². The first-order valence-corrected chi connectivity index (χ1v) is 10.3. The second kappa shape index (κ2) is 8.00. The van der Waals surface area contributed by atoms with Gasteiger partial charge in [-0.05, 0) is 55.8 Å². The predicted molar refractivity (Wildman–Crippen MR) is 109 cm³/mol. The summed E-state index contributed by atoms with van der Waals surface area (Å²) < 4.78 is 38.9. The summed E-state index contributed by atoms with van der Waals surface area (Å²) >= 11 is 0. The summed E-state index contributed by atoms with van der Waals surface area (Å²) in [6.45, 7) is 7.58. The van der Waals surface area contributed by atoms with Crippen LogP contribution < -0.4 is 10.1 Å². The van der Waals surface area contributed by atoms with Crippen molar-refractivity contribution in [1.82, 2.24) is 4.57 Å². The fourth-order valence-electron chi connectivity index (χ4n) is 3.09. The van der Waals surface area contributed by atoms with Crippen LogP contribution in [-0.4, -0.2) is 26.0 Å². The van der Waals surface area contributed by atoms with Crippen LogP contribution in [0.5, 0.6) is 5.75 Å². The summed E-state index contributed by atoms with van der Waals surface area (Å²) in [6, 6.07) is 9.21. The standard InChI is InChI=1S/C21H22N2O5S/c1-5-12-23-15(3)14(2)19(20(23)22-21(24)18-7-6-13-28-18)29(25,26)17-10-8-16(27-4)9-11-17/h5-11,13H,1,12H2,2-4H3,(H,22,24). The topological polar surface area (TPSA) is 90.5 Å². The summed E-state index contributed by atoms with van der Waals surface area (Å²) in [5.41, 5.74) is 1.27. The van der Waals surface area contributed by atoms with Crippen LogP contribution in [0.15, 0.2) is 69.5 Å². The lowest BCUT2D eigenvalue weighted by Crippen LogP contribution is -2.17. The highest BCUT2D eigenvalue weighted by molar-refractivity contribution is 7.91. The van der Waals surface area contributed by atoms with Gasteiger partial charge < -0.3 is 19.0 Å². The highest BCUT2D eigenvalue weighted by atomic mass is 32.2. The lowest BCUT2D eigenvalue weighted by Gasteiger charge is -2.12. The molecule has 0 fully saturated rings. The van der Waals surface area contributed by atoms with Gasteiger partial charge in [-0.3, -0.25) is 4.79 Å². The van der Waals surface area contributed by atoms with Crippen molar-refractivity contribution in [1.29, 1.82) is 0 Å². The molecule has 152 valence electrons. The molecule has 8 heteroatoms. The number of aromatic nitrogens is 1. The van der Waals surface area contributed by atoms with E-state index < -0.39 is 15.7 Å². The number of sulfone groups is 1. The molecule has 7 nitrogen and oxygen atoms in total. The fraction of sp³-hybridized carbons (Fsp3) is 0.190. The van der Waals surface area contributed by atoms with E-state index in [2.05, 4.69) is 11.9 Å². The number of hydrogen-bond donors (Lipinski definition) is 1. The van der Waals surface area contributed by atoms with Crippen LogP contribution in [0.3, 0.4) is 0 Å². The number of carbonyl (C=O) groups is 1. The van der Waals surface area contributed by atoms with Gasteiger partial charge in [0.05, 0.1) is 18.3 Å². The van der Waals surface area contributed by atoms with Crippen LogP contribution in [0.25, 0.3) is 0 Å². The Labute approximate surface area is 169 Å². The van der Waals surface area contributed by atoms with Gasteiger partial charge in [0.2, 0.25) is 9.84 Å². The van der Waals surface area contributed by atoms with Crippen LogP contribution in [0.1, 0.15) is 21.8 Å². The normalized spacial score (nSPS) is 11.3. The molecule has 29 heavy (non-hydrogen) atoms. The molecule has 3 aromatic rings. The quantitative estimate of drug-likeness (QED) is 0.591. The first-order chi connectivity index (χ1) is 13.8. The molecule has 0 aliphatic rings. The Balaban J connectivity index is 2.17. The number of benzene rings is 1. The van der Waals surface area contributed by atoms with Crippen molar-refractivity contribution >= 4 is 21.6 Å². The Bertz CT molecular complexity index is 1140. The second-order valence-corrected chi connectivity index (χ2v) is 8.28. The highest BCUT2D eigenvalue weighted by Crippen LogP contribution is 2.36. The molecule has 0 bridgehead atoms. The minimum Gasteiger partial charge on any atom is -0.497 e. The van der Waals surface area contributed by atoms with Gasteiger partial charge in [0.15, 0.2) is 5.76 Å². The average molecular weight is 414 g/mol. The van der Waals surface area contributed by atoms with Crippen LogP contribution in [-0.2, 0) is 16.4 Å². The Morgan fingerprint density at radius 1 is 1.24 bits per heavy atom. The number of ether oxygens (including phenoxy) is 1. The zero-order valence-electron chi connectivity index (χ0n) is 16.4. The number of nitrogens with zero attached hydrogens (tertiary/aromatic N) is 1. The molecule has 1 N–H and O–H groups in total. The first-order valence-electron chi connectivity index (χ1n) is 8.85. The van der Waals surface area contributed by atoms with Crippen molar-refractivity contribution in [3.05, 3.63) is 72.3 Å². The molecule has 0 atom stereocenters. The third kappa shape index (κ3) is 3.71. The van der Waals surface area contributed by atoms with E-state index in [1.165, 1.54) is 31.6 Å². The van der Waals surface area contributed by atoms with E-state index in [1.54, 1.807) is 42.7 Å². The van der Waals surface area contributed by atoms with Crippen LogP contribution in [0.4, 0.5) is 5.82 Å². The molecule has 0 radical (unpaired) electrons. The molecule has 1 amide bonds. The molecule has 2 aromatic heterocycles. The van der Waals surface area contributed by atoms with E-state index in [0.717, 1.165) is 0 Å². The smallest absolute Gasteiger partial charge is 0.292 e. The summed E-state index contributed by atoms with van der Waals surface area (Å²) in [5, 5.41) is 2.71. The number of allylic oxidation sites excluding steroid dienone is 1. The SMILES string of the molecule is C=CCn1c(C)c(C)c(S(=O)(=O)c2ccc(OC)cc2)c1NC(=O)c1ccco1. The maximum absolute atomic E-state index is 13.5. The zero-order valence-corrected chi connectivity index (χ0v) is 17.2. The number of methoxy groups -OCH3 is 1. The van der Waals surface area contributed by atoms with Gasteiger partial charge in [0, 0.05) is 12.2 Å². The van der Waals surface area contributed by atoms with E-state index >= 15 is 0 Å². The minimum atomic E-state index is -3.92. The molecule has 3 rings (SSSR count). The van der Waals surface area contributed by atoms with E-state index in [1.807, 2.05) is 0 Å². The lowest BCUT2D eigenvalue weighted by molar-refractivity contribution is 0.0995. The highest BCUT2D eigenvalue weighted by Gasteiger charge is 2.30. The summed E-state index contributed by atoms with van der Waals surface area (Å²) in [7, 11) is -2.41. The monoisotopic (exact) mass is 414 g/mol. The van der Waals surface area contributed by atoms with Crippen molar-refractivity contribution in [3.8, 4) is 5.75 Å². The molecule has 0 saturated carbocycles. The molecule has 0 unspecified atom stereocenters. The summed E-state index contributed by atoms with van der Waals surface area (Å²) in [6.07, 6.45) is 3.02. The number of furan rings is 1. The van der Waals surface area contributed by atoms with Crippen molar-refractivity contribution < 1.29 is 22.4 Å². The molecule has 1 aromatic carbocycles. The summed E-state index contributed by atoms with van der Waals surface area (Å²) in [4.78, 5) is 12.7. The van der Waals surface area contributed by atoms with E-state index in [0.29, 0.717) is 23.6 Å². The Kier molecular flexibility index (Phi) is 5.65. The molecule has 0 aliphatic heterocycles. The zero-order chi connectivity index (χ0) is 21.2. The molecule has 0 saturated heterocycles. The minimum absolute atomic E-state index is 0.0434. The number of carbonyl (C=O) groups excluding carboxylic acids is 1. The van der Waals surface area contributed by atoms with Gasteiger partial charge in [0.25, 0.3) is 5.91 Å².